The topological polar surface area (TPSA) is 76.3 Å². The Bertz CT molecular complexity index is 1340. The van der Waals surface area contributed by atoms with Crippen molar-refractivity contribution < 1.29 is 18.0 Å². The smallest absolute Gasteiger partial charge is 0.370 e. The lowest BCUT2D eigenvalue weighted by Gasteiger charge is -2.24. The minimum Gasteiger partial charge on any atom is -0.370 e. The number of benzene rings is 2. The van der Waals surface area contributed by atoms with Crippen LogP contribution in [0.25, 0.3) is 11.0 Å². The average Bonchev–Trinajstić information content (AvgIpc) is 3.30. The molecule has 1 amide bonds. The molecule has 3 aromatic rings. The third kappa shape index (κ3) is 3.65. The fourth-order valence-corrected chi connectivity index (χ4v) is 4.05. The van der Waals surface area contributed by atoms with Crippen molar-refractivity contribution in [2.45, 2.75) is 19.0 Å². The molecule has 1 N–H and O–H groups in total. The van der Waals surface area contributed by atoms with Gasteiger partial charge >= 0.3 is 17.3 Å². The molecule has 32 heavy (non-hydrogen) atoms. The number of alkyl halides is 3. The molecule has 10 heteroatoms. The molecule has 1 fully saturated rings. The number of carbonyl (C=O) groups excluding carboxylic acids is 1. The number of aromatic nitrogens is 2. The Morgan fingerprint density at radius 2 is 1.50 bits per heavy atom. The number of aryl methyl sites for hydroxylation is 2. The molecule has 0 saturated carbocycles. The van der Waals surface area contributed by atoms with Crippen molar-refractivity contribution in [1.29, 1.82) is 0 Å². The number of fused-ring (bicyclic) bond motifs is 1. The molecule has 7 nitrogen and oxygen atoms in total. The van der Waals surface area contributed by atoms with Crippen molar-refractivity contribution in [3.8, 4) is 0 Å². The minimum atomic E-state index is -4.68. The normalized spacial score (nSPS) is 14.2. The van der Waals surface area contributed by atoms with Gasteiger partial charge < -0.3 is 19.4 Å². The van der Waals surface area contributed by atoms with Gasteiger partial charge in [0.15, 0.2) is 0 Å². The number of hydrogen-bond acceptors (Lipinski definition) is 4. The summed E-state index contributed by atoms with van der Waals surface area (Å²) in [5.41, 5.74) is -1.25. The molecule has 4 rings (SSSR count). The lowest BCUT2D eigenvalue weighted by Crippen LogP contribution is -2.39. The molecule has 2 heterocycles. The van der Waals surface area contributed by atoms with Gasteiger partial charge in [0.1, 0.15) is 0 Å². The first-order valence-corrected chi connectivity index (χ1v) is 10.1. The molecule has 1 aliphatic heterocycles. The zero-order valence-corrected chi connectivity index (χ0v) is 17.5. The maximum atomic E-state index is 13.4. The Morgan fingerprint density at radius 1 is 0.938 bits per heavy atom. The third-order valence-corrected chi connectivity index (χ3v) is 5.78. The van der Waals surface area contributed by atoms with E-state index in [1.165, 1.54) is 41.4 Å². The van der Waals surface area contributed by atoms with Crippen molar-refractivity contribution in [2.75, 3.05) is 23.3 Å². The Hall–Kier alpha value is -3.56. The van der Waals surface area contributed by atoms with Gasteiger partial charge in [-0.25, -0.2) is 0 Å². The van der Waals surface area contributed by atoms with E-state index in [-0.39, 0.29) is 5.69 Å². The summed E-state index contributed by atoms with van der Waals surface area (Å²) in [5, 5.41) is 2.61. The van der Waals surface area contributed by atoms with Crippen LogP contribution in [0.4, 0.5) is 24.5 Å². The minimum absolute atomic E-state index is 0.273. The van der Waals surface area contributed by atoms with E-state index in [0.717, 1.165) is 25.0 Å². The average molecular weight is 446 g/mol. The van der Waals surface area contributed by atoms with Gasteiger partial charge in [0.05, 0.1) is 33.5 Å². The number of halogens is 3. The first-order chi connectivity index (χ1) is 15.1. The second-order valence-corrected chi connectivity index (χ2v) is 7.78. The Kier molecular flexibility index (Phi) is 5.31. The van der Waals surface area contributed by atoms with Crippen LogP contribution >= 0.6 is 0 Å². The van der Waals surface area contributed by atoms with E-state index in [1.54, 1.807) is 6.07 Å². The first kappa shape index (κ1) is 21.7. The first-order valence-electron chi connectivity index (χ1n) is 10.1. The molecule has 168 valence electrons. The second kappa shape index (κ2) is 7.85. The Morgan fingerprint density at radius 3 is 2.09 bits per heavy atom. The number of anilines is 2. The number of carbonyl (C=O) groups is 1. The van der Waals surface area contributed by atoms with E-state index >= 15 is 0 Å². The Balaban J connectivity index is 1.88. The van der Waals surface area contributed by atoms with E-state index in [1.807, 2.05) is 4.90 Å². The van der Waals surface area contributed by atoms with Gasteiger partial charge in [-0.15, -0.1) is 0 Å². The monoisotopic (exact) mass is 446 g/mol. The van der Waals surface area contributed by atoms with Crippen LogP contribution < -0.4 is 21.3 Å². The van der Waals surface area contributed by atoms with Crippen LogP contribution in [-0.4, -0.2) is 28.1 Å². The highest BCUT2D eigenvalue weighted by Gasteiger charge is 2.35. The molecule has 1 saturated heterocycles. The number of nitrogens with one attached hydrogen (secondary N) is 1. The van der Waals surface area contributed by atoms with E-state index in [2.05, 4.69) is 5.32 Å². The number of rotatable bonds is 3. The number of nitrogens with zero attached hydrogens (tertiary/aromatic N) is 3. The summed E-state index contributed by atoms with van der Waals surface area (Å²) in [7, 11) is 2.92. The molecule has 1 aromatic heterocycles. The van der Waals surface area contributed by atoms with Crippen LogP contribution in [0.1, 0.15) is 28.8 Å². The molecule has 0 radical (unpaired) electrons. The summed E-state index contributed by atoms with van der Waals surface area (Å²) in [4.78, 5) is 39.4. The maximum absolute atomic E-state index is 13.4. The van der Waals surface area contributed by atoms with E-state index in [4.69, 9.17) is 0 Å². The molecule has 1 aliphatic rings. The molecular weight excluding hydrogens is 425 g/mol. The van der Waals surface area contributed by atoms with Crippen molar-refractivity contribution in [1.82, 2.24) is 9.13 Å². The predicted molar refractivity (Wildman–Crippen MR) is 115 cm³/mol. The summed E-state index contributed by atoms with van der Waals surface area (Å²) in [6, 6.07) is 7.78. The molecule has 0 unspecified atom stereocenters. The van der Waals surface area contributed by atoms with Crippen molar-refractivity contribution in [2.24, 2.45) is 14.1 Å². The second-order valence-electron chi connectivity index (χ2n) is 7.78. The zero-order valence-electron chi connectivity index (χ0n) is 17.5. The van der Waals surface area contributed by atoms with Crippen molar-refractivity contribution in [3.63, 3.8) is 0 Å². The quantitative estimate of drug-likeness (QED) is 0.628. The summed E-state index contributed by atoms with van der Waals surface area (Å²) >= 11 is 0. The van der Waals surface area contributed by atoms with Crippen LogP contribution in [0, 0.1) is 0 Å². The van der Waals surface area contributed by atoms with Crippen molar-refractivity contribution in [3.05, 3.63) is 68.2 Å². The lowest BCUT2D eigenvalue weighted by atomic mass is 10.1. The fraction of sp³-hybridized carbons (Fsp3) is 0.318. The van der Waals surface area contributed by atoms with Crippen molar-refractivity contribution >= 4 is 28.3 Å². The van der Waals surface area contributed by atoms with Crippen LogP contribution in [0.3, 0.4) is 0 Å². The maximum Gasteiger partial charge on any atom is 0.417 e. The number of hydrogen-bond donors (Lipinski definition) is 1. The molecule has 0 aliphatic carbocycles. The molecule has 2 aromatic carbocycles. The molecule has 0 bridgehead atoms. The van der Waals surface area contributed by atoms with Crippen LogP contribution in [0.15, 0.2) is 46.0 Å². The highest BCUT2D eigenvalue weighted by atomic mass is 19.4. The van der Waals surface area contributed by atoms with Gasteiger partial charge in [-0.3, -0.25) is 14.4 Å². The largest absolute Gasteiger partial charge is 0.417 e. The lowest BCUT2D eigenvalue weighted by molar-refractivity contribution is -0.137. The molecule has 0 atom stereocenters. The summed E-state index contributed by atoms with van der Waals surface area (Å²) in [6.07, 6.45) is -2.83. The molecule has 0 spiro atoms. The van der Waals surface area contributed by atoms with Gasteiger partial charge in [0.2, 0.25) is 0 Å². The zero-order chi connectivity index (χ0) is 23.2. The van der Waals surface area contributed by atoms with Gasteiger partial charge in [-0.2, -0.15) is 13.2 Å². The summed E-state index contributed by atoms with van der Waals surface area (Å²) < 4.78 is 42.6. The SMILES string of the molecule is Cn1c(=O)c(=O)n(C)c2cc(N3CCCC3)c(NC(=O)c3ccccc3C(F)(F)F)cc21. The third-order valence-electron chi connectivity index (χ3n) is 5.78. The molecular formula is C22H21F3N4O3. The van der Waals surface area contributed by atoms with Gasteiger partial charge in [0, 0.05) is 27.2 Å². The van der Waals surface area contributed by atoms with Crippen LogP contribution in [-0.2, 0) is 20.3 Å². The van der Waals surface area contributed by atoms with E-state index in [0.29, 0.717) is 29.8 Å². The van der Waals surface area contributed by atoms with Crippen LogP contribution in [0.5, 0.6) is 0 Å². The predicted octanol–water partition coefficient (Wildman–Crippen LogP) is 3.11. The number of amides is 1. The van der Waals surface area contributed by atoms with E-state index in [9.17, 15) is 27.6 Å². The summed E-state index contributed by atoms with van der Waals surface area (Å²) in [6.45, 7) is 1.40. The fourth-order valence-electron chi connectivity index (χ4n) is 4.05. The van der Waals surface area contributed by atoms with Gasteiger partial charge in [-0.05, 0) is 37.1 Å². The highest BCUT2D eigenvalue weighted by Crippen LogP contribution is 2.35. The highest BCUT2D eigenvalue weighted by molar-refractivity contribution is 6.08. The standard InChI is InChI=1S/C22H21F3N4O3/c1-27-17-11-15(26-19(30)13-7-3-4-8-14(13)22(23,24)25)16(29-9-5-6-10-29)12-18(17)28(2)21(32)20(27)31/h3-4,7-8,11-12H,5-6,9-10H2,1-2H3,(H,26,30). The summed E-state index contributed by atoms with van der Waals surface area (Å²) in [5.74, 6) is -0.910. The van der Waals surface area contributed by atoms with E-state index < -0.39 is 34.3 Å². The van der Waals surface area contributed by atoms with Gasteiger partial charge in [-0.1, -0.05) is 12.1 Å². The van der Waals surface area contributed by atoms with Crippen LogP contribution in [0.2, 0.25) is 0 Å². The van der Waals surface area contributed by atoms with Gasteiger partial charge in [0.25, 0.3) is 5.91 Å². The Labute approximate surface area is 180 Å².